The maximum atomic E-state index is 14.0. The molecular formula is C18H30F3N2O2PS2. The summed E-state index contributed by atoms with van der Waals surface area (Å²) in [6.07, 6.45) is -2.42. The third-order valence-electron chi connectivity index (χ3n) is 5.49. The lowest BCUT2D eigenvalue weighted by Gasteiger charge is -2.37. The standard InChI is InChI=1S/C18H30F3N2O2PS2/c1-12(2)23(13(3)4)26(24-11-7-10-22)25-16-14-8-5-6-9-17(28-27,15(14)16)18(19,20)21/h12-16,27H,5-9,11H2,1-4H3. The Bertz CT molecular complexity index is 554. The van der Waals surface area contributed by atoms with Gasteiger partial charge in [0.1, 0.15) is 4.75 Å². The molecule has 4 nitrogen and oxygen atoms in total. The number of hydrogen-bond acceptors (Lipinski definition) is 6. The molecule has 0 amide bonds. The van der Waals surface area contributed by atoms with Gasteiger partial charge in [-0.3, -0.25) is 0 Å². The average molecular weight is 459 g/mol. The van der Waals surface area contributed by atoms with Gasteiger partial charge in [-0.15, -0.1) is 11.7 Å². The third-order valence-corrected chi connectivity index (χ3v) is 9.63. The molecular weight excluding hydrogens is 428 g/mol. The van der Waals surface area contributed by atoms with Gasteiger partial charge in [-0.1, -0.05) is 23.6 Å². The van der Waals surface area contributed by atoms with Crippen LogP contribution in [0.4, 0.5) is 13.2 Å². The molecule has 0 aromatic heterocycles. The van der Waals surface area contributed by atoms with Crippen molar-refractivity contribution in [3.8, 4) is 6.07 Å². The second-order valence-electron chi connectivity index (χ2n) is 8.03. The highest BCUT2D eigenvalue weighted by Crippen LogP contribution is 2.68. The van der Waals surface area contributed by atoms with Gasteiger partial charge in [-0.05, 0) is 46.5 Å². The molecule has 0 heterocycles. The van der Waals surface area contributed by atoms with Crippen molar-refractivity contribution < 1.29 is 22.2 Å². The lowest BCUT2D eigenvalue weighted by Crippen LogP contribution is -2.44. The van der Waals surface area contributed by atoms with E-state index in [0.717, 1.165) is 12.8 Å². The molecule has 2 aliphatic carbocycles. The van der Waals surface area contributed by atoms with Crippen LogP contribution >= 0.6 is 31.0 Å². The molecule has 5 atom stereocenters. The van der Waals surface area contributed by atoms with E-state index in [-0.39, 0.29) is 37.5 Å². The van der Waals surface area contributed by atoms with E-state index in [1.807, 2.05) is 33.8 Å². The molecule has 10 heteroatoms. The van der Waals surface area contributed by atoms with Gasteiger partial charge in [0.2, 0.25) is 0 Å². The predicted octanol–water partition coefficient (Wildman–Crippen LogP) is 6.35. The molecule has 2 rings (SSSR count). The molecule has 0 aromatic rings. The summed E-state index contributed by atoms with van der Waals surface area (Å²) in [4.78, 5) is 0. The monoisotopic (exact) mass is 458 g/mol. The Kier molecular flexibility index (Phi) is 8.83. The highest BCUT2D eigenvalue weighted by Gasteiger charge is 2.72. The van der Waals surface area contributed by atoms with E-state index < -0.39 is 31.5 Å². The van der Waals surface area contributed by atoms with Crippen molar-refractivity contribution in [2.75, 3.05) is 6.61 Å². The predicted molar refractivity (Wildman–Crippen MR) is 111 cm³/mol. The summed E-state index contributed by atoms with van der Waals surface area (Å²) in [5.74, 6) is -0.710. The van der Waals surface area contributed by atoms with E-state index in [0.29, 0.717) is 17.2 Å². The van der Waals surface area contributed by atoms with Crippen LogP contribution in [0, 0.1) is 23.2 Å². The summed E-state index contributed by atoms with van der Waals surface area (Å²) >= 11 is 4.05. The van der Waals surface area contributed by atoms with Crippen molar-refractivity contribution in [1.29, 1.82) is 5.26 Å². The zero-order valence-electron chi connectivity index (χ0n) is 16.8. The van der Waals surface area contributed by atoms with E-state index in [1.165, 1.54) is 0 Å². The molecule has 0 spiro atoms. The Labute approximate surface area is 176 Å². The van der Waals surface area contributed by atoms with Crippen LogP contribution in [-0.4, -0.2) is 40.4 Å². The third kappa shape index (κ3) is 5.12. The number of nitriles is 1. The van der Waals surface area contributed by atoms with Crippen molar-refractivity contribution >= 4 is 31.0 Å². The van der Waals surface area contributed by atoms with Crippen LogP contribution in [0.25, 0.3) is 0 Å². The van der Waals surface area contributed by atoms with E-state index in [4.69, 9.17) is 14.3 Å². The fourth-order valence-electron chi connectivity index (χ4n) is 4.26. The fraction of sp³-hybridized carbons (Fsp3) is 0.944. The Balaban J connectivity index is 2.23. The first-order valence-corrected chi connectivity index (χ1v) is 12.7. The number of halogens is 3. The number of nitrogens with zero attached hydrogens (tertiary/aromatic N) is 2. The molecule has 162 valence electrons. The van der Waals surface area contributed by atoms with Gasteiger partial charge < -0.3 is 9.05 Å². The zero-order chi connectivity index (χ0) is 21.1. The molecule has 0 aromatic carbocycles. The van der Waals surface area contributed by atoms with Crippen LogP contribution in [-0.2, 0) is 9.05 Å². The quantitative estimate of drug-likeness (QED) is 0.189. The van der Waals surface area contributed by atoms with Crippen molar-refractivity contribution in [3.05, 3.63) is 0 Å². The molecule has 0 bridgehead atoms. The van der Waals surface area contributed by atoms with Gasteiger partial charge in [0.15, 0.2) is 0 Å². The minimum absolute atomic E-state index is 0.0803. The molecule has 0 saturated heterocycles. The minimum Gasteiger partial charge on any atom is -0.321 e. The number of fused-ring (bicyclic) bond motifs is 1. The lowest BCUT2D eigenvalue weighted by molar-refractivity contribution is -0.168. The van der Waals surface area contributed by atoms with Crippen LogP contribution in [0.2, 0.25) is 0 Å². The van der Waals surface area contributed by atoms with E-state index in [9.17, 15) is 13.2 Å². The zero-order valence-corrected chi connectivity index (χ0v) is 19.4. The Morgan fingerprint density at radius 3 is 2.43 bits per heavy atom. The maximum absolute atomic E-state index is 14.0. The Morgan fingerprint density at radius 1 is 1.29 bits per heavy atom. The van der Waals surface area contributed by atoms with Gasteiger partial charge in [-0.2, -0.15) is 18.4 Å². The van der Waals surface area contributed by atoms with Crippen molar-refractivity contribution in [2.24, 2.45) is 11.8 Å². The van der Waals surface area contributed by atoms with Gasteiger partial charge in [-0.25, -0.2) is 4.67 Å². The second kappa shape index (κ2) is 10.1. The number of hydrogen-bond donors (Lipinski definition) is 1. The number of rotatable bonds is 9. The Hall–Kier alpha value is 0.290. The van der Waals surface area contributed by atoms with Crippen molar-refractivity contribution in [2.45, 2.75) is 88.9 Å². The summed E-state index contributed by atoms with van der Waals surface area (Å²) in [7, 11) is -0.903. The van der Waals surface area contributed by atoms with Crippen LogP contribution in [0.15, 0.2) is 0 Å². The first-order valence-electron chi connectivity index (χ1n) is 9.75. The summed E-state index contributed by atoms with van der Waals surface area (Å²) in [6.45, 7) is 8.27. The van der Waals surface area contributed by atoms with Crippen LogP contribution in [0.1, 0.15) is 59.8 Å². The maximum Gasteiger partial charge on any atom is 0.404 e. The van der Waals surface area contributed by atoms with Gasteiger partial charge in [0.05, 0.1) is 25.2 Å². The first kappa shape index (κ1) is 24.6. The van der Waals surface area contributed by atoms with E-state index in [1.54, 1.807) is 0 Å². The molecule has 0 radical (unpaired) electrons. The van der Waals surface area contributed by atoms with Gasteiger partial charge in [0.25, 0.3) is 8.53 Å². The molecule has 0 N–H and O–H groups in total. The molecule has 28 heavy (non-hydrogen) atoms. The first-order chi connectivity index (χ1) is 13.1. The van der Waals surface area contributed by atoms with Crippen LogP contribution in [0.5, 0.6) is 0 Å². The van der Waals surface area contributed by atoms with Crippen molar-refractivity contribution in [1.82, 2.24) is 4.67 Å². The largest absolute Gasteiger partial charge is 0.404 e. The molecule has 0 aliphatic heterocycles. The van der Waals surface area contributed by atoms with Crippen LogP contribution in [0.3, 0.4) is 0 Å². The van der Waals surface area contributed by atoms with Gasteiger partial charge in [0, 0.05) is 18.0 Å². The summed E-state index contributed by atoms with van der Waals surface area (Å²) in [6, 6.07) is 2.27. The van der Waals surface area contributed by atoms with Crippen molar-refractivity contribution in [3.63, 3.8) is 0 Å². The summed E-state index contributed by atoms with van der Waals surface area (Å²) < 4.78 is 54.4. The minimum atomic E-state index is -4.33. The molecule has 2 fully saturated rings. The smallest absolute Gasteiger partial charge is 0.321 e. The van der Waals surface area contributed by atoms with E-state index in [2.05, 4.69) is 16.3 Å². The highest BCUT2D eigenvalue weighted by molar-refractivity contribution is 8.69. The highest BCUT2D eigenvalue weighted by atomic mass is 33.1. The SMILES string of the molecule is CC(C)N(C(C)C)P(OCCC#N)OC1C2CCCCC(SS)(C(F)(F)F)C21. The molecule has 2 saturated carbocycles. The number of alkyl halides is 3. The summed E-state index contributed by atoms with van der Waals surface area (Å²) in [5.41, 5.74) is 0. The molecule has 5 unspecified atom stereocenters. The average Bonchev–Trinajstić information content (AvgIpc) is 3.29. The number of thiol groups is 1. The van der Waals surface area contributed by atoms with Crippen LogP contribution < -0.4 is 0 Å². The topological polar surface area (TPSA) is 45.5 Å². The Morgan fingerprint density at radius 2 is 1.93 bits per heavy atom. The molecule has 2 aliphatic rings. The summed E-state index contributed by atoms with van der Waals surface area (Å²) in [5, 5.41) is 8.81. The lowest BCUT2D eigenvalue weighted by atomic mass is 9.96. The van der Waals surface area contributed by atoms with Gasteiger partial charge >= 0.3 is 6.18 Å². The normalized spacial score (nSPS) is 31.6. The fourth-order valence-corrected chi connectivity index (χ4v) is 7.78. The van der Waals surface area contributed by atoms with E-state index >= 15 is 0 Å². The second-order valence-corrected chi connectivity index (χ2v) is 10.9.